The zero-order chi connectivity index (χ0) is 15.2. The van der Waals surface area contributed by atoms with Crippen LogP contribution in [0.2, 0.25) is 0 Å². The van der Waals surface area contributed by atoms with Crippen LogP contribution in [0.5, 0.6) is 0 Å². The summed E-state index contributed by atoms with van der Waals surface area (Å²) in [6.07, 6.45) is 7.42. The summed E-state index contributed by atoms with van der Waals surface area (Å²) in [5.74, 6) is 1.76. The van der Waals surface area contributed by atoms with Gasteiger partial charge in [0.05, 0.1) is 5.69 Å². The zero-order valence-corrected chi connectivity index (χ0v) is 13.0. The van der Waals surface area contributed by atoms with Crippen molar-refractivity contribution in [3.05, 3.63) is 48.3 Å². The maximum absolute atomic E-state index is 4.25. The molecule has 1 aliphatic rings. The molecule has 5 heteroatoms. The van der Waals surface area contributed by atoms with E-state index in [1.54, 1.807) is 6.20 Å². The van der Waals surface area contributed by atoms with Gasteiger partial charge in [0.15, 0.2) is 5.96 Å². The molecule has 22 heavy (non-hydrogen) atoms. The molecular formula is C17H23N5. The Morgan fingerprint density at radius 2 is 2.09 bits per heavy atom. The first kappa shape index (κ1) is 14.6. The molecule has 1 saturated carbocycles. The molecule has 0 unspecified atom stereocenters. The molecule has 0 spiro atoms. The average Bonchev–Trinajstić information content (AvgIpc) is 3.22. The van der Waals surface area contributed by atoms with Crippen LogP contribution in [0, 0.1) is 5.92 Å². The maximum atomic E-state index is 4.25. The molecule has 0 radical (unpaired) electrons. The minimum Gasteiger partial charge on any atom is -0.356 e. The molecule has 1 aromatic heterocycles. The van der Waals surface area contributed by atoms with Gasteiger partial charge >= 0.3 is 0 Å². The lowest BCUT2D eigenvalue weighted by atomic mass is 10.1. The third kappa shape index (κ3) is 4.10. The maximum Gasteiger partial charge on any atom is 0.190 e. The van der Waals surface area contributed by atoms with Crippen LogP contribution in [0.4, 0.5) is 0 Å². The van der Waals surface area contributed by atoms with Gasteiger partial charge < -0.3 is 10.6 Å². The molecule has 1 heterocycles. The lowest BCUT2D eigenvalue weighted by Gasteiger charge is -2.11. The summed E-state index contributed by atoms with van der Waals surface area (Å²) in [4.78, 5) is 4.25. The van der Waals surface area contributed by atoms with E-state index in [0.29, 0.717) is 0 Å². The summed E-state index contributed by atoms with van der Waals surface area (Å²) >= 11 is 0. The first-order chi connectivity index (χ1) is 10.8. The van der Waals surface area contributed by atoms with Crippen LogP contribution in [-0.4, -0.2) is 35.9 Å². The Morgan fingerprint density at radius 1 is 1.27 bits per heavy atom. The van der Waals surface area contributed by atoms with Gasteiger partial charge in [-0.05, 0) is 48.9 Å². The third-order valence-corrected chi connectivity index (χ3v) is 3.89. The standard InChI is InChI=1S/C17H23N5/c1-18-17(20-13-15-3-4-15)19-11-9-14-5-7-16(8-6-14)22-12-2-10-21-22/h2,5-8,10,12,15H,3-4,9,11,13H2,1H3,(H2,18,19,20). The fraction of sp³-hybridized carbons (Fsp3) is 0.412. The summed E-state index contributed by atoms with van der Waals surface area (Å²) in [6, 6.07) is 10.4. The van der Waals surface area contributed by atoms with Crippen LogP contribution in [-0.2, 0) is 6.42 Å². The molecule has 0 amide bonds. The van der Waals surface area contributed by atoms with Gasteiger partial charge in [-0.3, -0.25) is 4.99 Å². The highest BCUT2D eigenvalue weighted by Gasteiger charge is 2.20. The van der Waals surface area contributed by atoms with E-state index < -0.39 is 0 Å². The SMILES string of the molecule is CN=C(NCCc1ccc(-n2cccn2)cc1)NCC1CC1. The van der Waals surface area contributed by atoms with E-state index in [4.69, 9.17) is 0 Å². The van der Waals surface area contributed by atoms with Crippen molar-refractivity contribution in [1.29, 1.82) is 0 Å². The predicted molar refractivity (Wildman–Crippen MR) is 89.4 cm³/mol. The molecule has 1 aliphatic carbocycles. The van der Waals surface area contributed by atoms with E-state index in [1.165, 1.54) is 18.4 Å². The van der Waals surface area contributed by atoms with Gasteiger partial charge in [0, 0.05) is 32.5 Å². The van der Waals surface area contributed by atoms with Crippen LogP contribution in [0.3, 0.4) is 0 Å². The molecule has 0 atom stereocenters. The number of aliphatic imine (C=N–C) groups is 1. The molecule has 0 aliphatic heterocycles. The number of rotatable bonds is 6. The van der Waals surface area contributed by atoms with Crippen LogP contribution in [0.15, 0.2) is 47.7 Å². The Balaban J connectivity index is 1.44. The van der Waals surface area contributed by atoms with Gasteiger partial charge in [0.25, 0.3) is 0 Å². The second-order valence-electron chi connectivity index (χ2n) is 5.69. The molecule has 5 nitrogen and oxygen atoms in total. The number of aromatic nitrogens is 2. The minimum absolute atomic E-state index is 0.855. The van der Waals surface area contributed by atoms with Crippen molar-refractivity contribution in [2.75, 3.05) is 20.1 Å². The van der Waals surface area contributed by atoms with Gasteiger partial charge in [0.1, 0.15) is 0 Å². The Kier molecular flexibility index (Phi) is 4.73. The number of hydrogen-bond acceptors (Lipinski definition) is 2. The van der Waals surface area contributed by atoms with Gasteiger partial charge in [-0.1, -0.05) is 12.1 Å². The Labute approximate surface area is 131 Å². The second-order valence-corrected chi connectivity index (χ2v) is 5.69. The summed E-state index contributed by atoms with van der Waals surface area (Å²) in [5.41, 5.74) is 2.39. The number of guanidine groups is 1. The van der Waals surface area contributed by atoms with Crippen LogP contribution in [0.1, 0.15) is 18.4 Å². The van der Waals surface area contributed by atoms with Crippen LogP contribution >= 0.6 is 0 Å². The van der Waals surface area contributed by atoms with Crippen LogP contribution in [0.25, 0.3) is 5.69 Å². The van der Waals surface area contributed by atoms with Gasteiger partial charge in [-0.15, -0.1) is 0 Å². The van der Waals surface area contributed by atoms with Crippen molar-refractivity contribution in [2.45, 2.75) is 19.3 Å². The first-order valence-corrected chi connectivity index (χ1v) is 7.88. The van der Waals surface area contributed by atoms with Gasteiger partial charge in [-0.25, -0.2) is 4.68 Å². The number of nitrogens with one attached hydrogen (secondary N) is 2. The summed E-state index contributed by atoms with van der Waals surface area (Å²) in [6.45, 7) is 1.92. The Bertz CT molecular complexity index is 596. The fourth-order valence-electron chi connectivity index (χ4n) is 2.35. The summed E-state index contributed by atoms with van der Waals surface area (Å²) in [5, 5.41) is 11.0. The number of benzene rings is 1. The number of nitrogens with zero attached hydrogens (tertiary/aromatic N) is 3. The molecule has 1 aromatic carbocycles. The van der Waals surface area contributed by atoms with Gasteiger partial charge in [-0.2, -0.15) is 5.10 Å². The molecule has 3 rings (SSSR count). The smallest absolute Gasteiger partial charge is 0.190 e. The molecule has 2 N–H and O–H groups in total. The topological polar surface area (TPSA) is 54.2 Å². The van der Waals surface area contributed by atoms with E-state index in [2.05, 4.69) is 45.0 Å². The normalized spacial score (nSPS) is 14.9. The van der Waals surface area contributed by atoms with Crippen molar-refractivity contribution < 1.29 is 0 Å². The quantitative estimate of drug-likeness (QED) is 0.633. The molecule has 1 fully saturated rings. The van der Waals surface area contributed by atoms with E-state index in [1.807, 2.05) is 24.0 Å². The largest absolute Gasteiger partial charge is 0.356 e. The van der Waals surface area contributed by atoms with Crippen molar-refractivity contribution >= 4 is 5.96 Å². The number of hydrogen-bond donors (Lipinski definition) is 2. The fourth-order valence-corrected chi connectivity index (χ4v) is 2.35. The molecular weight excluding hydrogens is 274 g/mol. The molecule has 116 valence electrons. The van der Waals surface area contributed by atoms with E-state index in [0.717, 1.165) is 37.1 Å². The Morgan fingerprint density at radius 3 is 2.73 bits per heavy atom. The zero-order valence-electron chi connectivity index (χ0n) is 13.0. The average molecular weight is 297 g/mol. The van der Waals surface area contributed by atoms with Crippen molar-refractivity contribution in [1.82, 2.24) is 20.4 Å². The minimum atomic E-state index is 0.855. The van der Waals surface area contributed by atoms with E-state index in [-0.39, 0.29) is 0 Å². The first-order valence-electron chi connectivity index (χ1n) is 7.88. The molecule has 0 bridgehead atoms. The van der Waals surface area contributed by atoms with Crippen molar-refractivity contribution in [2.24, 2.45) is 10.9 Å². The highest BCUT2D eigenvalue weighted by molar-refractivity contribution is 5.79. The predicted octanol–water partition coefficient (Wildman–Crippen LogP) is 1.99. The van der Waals surface area contributed by atoms with Crippen molar-refractivity contribution in [3.8, 4) is 5.69 Å². The van der Waals surface area contributed by atoms with Crippen LogP contribution < -0.4 is 10.6 Å². The Hall–Kier alpha value is -2.30. The second kappa shape index (κ2) is 7.11. The highest BCUT2D eigenvalue weighted by atomic mass is 15.3. The summed E-state index contributed by atoms with van der Waals surface area (Å²) < 4.78 is 1.87. The lowest BCUT2D eigenvalue weighted by Crippen LogP contribution is -2.39. The van der Waals surface area contributed by atoms with Gasteiger partial charge in [0.2, 0.25) is 0 Å². The summed E-state index contributed by atoms with van der Waals surface area (Å²) in [7, 11) is 1.82. The lowest BCUT2D eigenvalue weighted by molar-refractivity contribution is 0.734. The third-order valence-electron chi connectivity index (χ3n) is 3.89. The van der Waals surface area contributed by atoms with E-state index in [9.17, 15) is 0 Å². The molecule has 0 saturated heterocycles. The molecule has 2 aromatic rings. The monoisotopic (exact) mass is 297 g/mol. The highest BCUT2D eigenvalue weighted by Crippen LogP contribution is 2.27. The van der Waals surface area contributed by atoms with Crippen molar-refractivity contribution in [3.63, 3.8) is 0 Å². The van der Waals surface area contributed by atoms with E-state index >= 15 is 0 Å².